The summed E-state index contributed by atoms with van der Waals surface area (Å²) in [4.78, 5) is 1.00. The summed E-state index contributed by atoms with van der Waals surface area (Å²) in [7, 11) is 0. The Labute approximate surface area is 113 Å². The standard InChI is InChI=1S/C15H24NOS/c1-2-12-16-18(17)15-10-8-14(9-11-15)13-6-4-3-5-7-13/h8-11,13,16-17H,2-7,12H2,1H3/q+1. The third-order valence-electron chi connectivity index (χ3n) is 3.67. The molecule has 0 saturated heterocycles. The van der Waals surface area contributed by atoms with Crippen molar-refractivity contribution in [2.45, 2.75) is 56.3 Å². The van der Waals surface area contributed by atoms with Gasteiger partial charge in [-0.15, -0.1) is 4.72 Å². The second-order valence-electron chi connectivity index (χ2n) is 5.08. The van der Waals surface area contributed by atoms with E-state index >= 15 is 0 Å². The largest absolute Gasteiger partial charge is 0.275 e. The molecule has 1 aromatic rings. The van der Waals surface area contributed by atoms with E-state index < -0.39 is 11.4 Å². The summed E-state index contributed by atoms with van der Waals surface area (Å²) in [5.41, 5.74) is 1.45. The van der Waals surface area contributed by atoms with E-state index in [0.717, 1.165) is 23.8 Å². The van der Waals surface area contributed by atoms with Crippen molar-refractivity contribution in [3.05, 3.63) is 29.8 Å². The van der Waals surface area contributed by atoms with Gasteiger partial charge in [-0.25, -0.2) is 0 Å². The Hall–Kier alpha value is -0.510. The highest BCUT2D eigenvalue weighted by Gasteiger charge is 2.20. The SMILES string of the molecule is CCCN[S+](O)c1ccc(C2CCCCC2)cc1. The molecular weight excluding hydrogens is 242 g/mol. The molecule has 100 valence electrons. The number of benzene rings is 1. The van der Waals surface area contributed by atoms with Crippen LogP contribution in [0.5, 0.6) is 0 Å². The van der Waals surface area contributed by atoms with Crippen molar-refractivity contribution in [1.29, 1.82) is 0 Å². The van der Waals surface area contributed by atoms with Crippen molar-refractivity contribution in [1.82, 2.24) is 4.72 Å². The van der Waals surface area contributed by atoms with Crippen LogP contribution in [0.3, 0.4) is 0 Å². The average molecular weight is 266 g/mol. The van der Waals surface area contributed by atoms with Gasteiger partial charge in [-0.2, -0.15) is 4.55 Å². The van der Waals surface area contributed by atoms with Gasteiger partial charge in [0.25, 0.3) is 11.4 Å². The molecule has 0 bridgehead atoms. The molecule has 1 aliphatic carbocycles. The van der Waals surface area contributed by atoms with Gasteiger partial charge in [0.1, 0.15) is 0 Å². The molecule has 0 aromatic heterocycles. The molecule has 3 heteroatoms. The zero-order valence-electron chi connectivity index (χ0n) is 11.2. The van der Waals surface area contributed by atoms with Gasteiger partial charge in [-0.3, -0.25) is 0 Å². The third kappa shape index (κ3) is 3.74. The number of rotatable bonds is 5. The first-order chi connectivity index (χ1) is 8.81. The van der Waals surface area contributed by atoms with Crippen LogP contribution in [0.25, 0.3) is 0 Å². The molecule has 1 fully saturated rings. The van der Waals surface area contributed by atoms with E-state index in [1.165, 1.54) is 37.7 Å². The maximum atomic E-state index is 9.97. The van der Waals surface area contributed by atoms with Crippen LogP contribution < -0.4 is 4.72 Å². The molecule has 0 amide bonds. The van der Waals surface area contributed by atoms with E-state index in [-0.39, 0.29) is 0 Å². The van der Waals surface area contributed by atoms with Crippen LogP contribution in [0.4, 0.5) is 0 Å². The zero-order valence-corrected chi connectivity index (χ0v) is 12.0. The minimum atomic E-state index is -0.796. The van der Waals surface area contributed by atoms with Gasteiger partial charge in [0.15, 0.2) is 0 Å². The molecule has 1 saturated carbocycles. The van der Waals surface area contributed by atoms with E-state index in [1.54, 1.807) is 0 Å². The summed E-state index contributed by atoms with van der Waals surface area (Å²) < 4.78 is 13.1. The second-order valence-corrected chi connectivity index (χ2v) is 6.41. The van der Waals surface area contributed by atoms with Gasteiger partial charge in [0.05, 0.1) is 0 Å². The molecule has 0 aliphatic heterocycles. The molecule has 1 aromatic carbocycles. The Kier molecular flexibility index (Phi) is 5.54. The maximum absolute atomic E-state index is 9.97. The van der Waals surface area contributed by atoms with Crippen molar-refractivity contribution in [2.24, 2.45) is 0 Å². The zero-order chi connectivity index (χ0) is 12.8. The smallest absolute Gasteiger partial charge is 0.162 e. The van der Waals surface area contributed by atoms with Crippen molar-refractivity contribution < 1.29 is 4.55 Å². The summed E-state index contributed by atoms with van der Waals surface area (Å²) in [5, 5.41) is 0. The highest BCUT2D eigenvalue weighted by atomic mass is 32.2. The summed E-state index contributed by atoms with van der Waals surface area (Å²) in [6.07, 6.45) is 7.85. The molecular formula is C15H24NOS+. The average Bonchev–Trinajstić information content (AvgIpc) is 2.46. The lowest BCUT2D eigenvalue weighted by molar-refractivity contribution is 0.443. The van der Waals surface area contributed by atoms with Crippen molar-refractivity contribution in [3.8, 4) is 0 Å². The van der Waals surface area contributed by atoms with Gasteiger partial charge in [-0.1, -0.05) is 38.3 Å². The first-order valence-corrected chi connectivity index (χ1v) is 8.26. The van der Waals surface area contributed by atoms with E-state index in [4.69, 9.17) is 0 Å². The molecule has 0 spiro atoms. The molecule has 1 unspecified atom stereocenters. The molecule has 2 rings (SSSR count). The van der Waals surface area contributed by atoms with Gasteiger partial charge in [0, 0.05) is 6.54 Å². The quantitative estimate of drug-likeness (QED) is 0.786. The predicted molar refractivity (Wildman–Crippen MR) is 78.8 cm³/mol. The molecule has 2 nitrogen and oxygen atoms in total. The molecule has 1 atom stereocenters. The Morgan fingerprint density at radius 3 is 2.44 bits per heavy atom. The topological polar surface area (TPSA) is 32.3 Å². The van der Waals surface area contributed by atoms with Crippen LogP contribution in [0.15, 0.2) is 29.2 Å². The van der Waals surface area contributed by atoms with Crippen LogP contribution in [0, 0.1) is 0 Å². The lowest BCUT2D eigenvalue weighted by Crippen LogP contribution is -2.24. The fraction of sp³-hybridized carbons (Fsp3) is 0.600. The lowest BCUT2D eigenvalue weighted by Gasteiger charge is -2.21. The minimum absolute atomic E-state index is 0.747. The predicted octanol–water partition coefficient (Wildman–Crippen LogP) is 4.10. The summed E-state index contributed by atoms with van der Waals surface area (Å²) >= 11 is -0.796. The van der Waals surface area contributed by atoms with Gasteiger partial charge < -0.3 is 0 Å². The molecule has 0 radical (unpaired) electrons. The van der Waals surface area contributed by atoms with Crippen LogP contribution in [0.2, 0.25) is 0 Å². The van der Waals surface area contributed by atoms with Crippen molar-refractivity contribution >= 4 is 11.4 Å². The maximum Gasteiger partial charge on any atom is 0.275 e. The summed E-state index contributed by atoms with van der Waals surface area (Å²) in [6, 6.07) is 8.57. The summed E-state index contributed by atoms with van der Waals surface area (Å²) in [6.45, 7) is 2.97. The van der Waals surface area contributed by atoms with Gasteiger partial charge in [-0.05, 0) is 42.9 Å². The Balaban J connectivity index is 1.95. The van der Waals surface area contributed by atoms with E-state index in [1.807, 2.05) is 0 Å². The normalized spacial score (nSPS) is 18.8. The number of hydrogen-bond donors (Lipinski definition) is 2. The van der Waals surface area contributed by atoms with E-state index in [0.29, 0.717) is 0 Å². The lowest BCUT2D eigenvalue weighted by atomic mass is 9.84. The Morgan fingerprint density at radius 1 is 1.17 bits per heavy atom. The van der Waals surface area contributed by atoms with Crippen LogP contribution in [0.1, 0.15) is 56.9 Å². The number of hydrogen-bond acceptors (Lipinski definition) is 2. The monoisotopic (exact) mass is 266 g/mol. The Bertz CT molecular complexity index is 346. The van der Waals surface area contributed by atoms with Crippen molar-refractivity contribution in [2.75, 3.05) is 6.54 Å². The first-order valence-electron chi connectivity index (χ1n) is 7.08. The second kappa shape index (κ2) is 7.17. The minimum Gasteiger partial charge on any atom is -0.162 e. The van der Waals surface area contributed by atoms with E-state index in [2.05, 4.69) is 35.9 Å². The molecule has 18 heavy (non-hydrogen) atoms. The fourth-order valence-electron chi connectivity index (χ4n) is 2.59. The highest BCUT2D eigenvalue weighted by Crippen LogP contribution is 2.32. The van der Waals surface area contributed by atoms with Crippen LogP contribution >= 0.6 is 0 Å². The van der Waals surface area contributed by atoms with Crippen LogP contribution in [-0.4, -0.2) is 11.1 Å². The third-order valence-corrected chi connectivity index (χ3v) is 4.86. The molecule has 1 aliphatic rings. The molecule has 2 N–H and O–H groups in total. The van der Waals surface area contributed by atoms with Crippen LogP contribution in [-0.2, 0) is 11.4 Å². The van der Waals surface area contributed by atoms with Gasteiger partial charge in [0.2, 0.25) is 4.90 Å². The summed E-state index contributed by atoms with van der Waals surface area (Å²) in [5.74, 6) is 0.747. The fourth-order valence-corrected chi connectivity index (χ4v) is 3.54. The van der Waals surface area contributed by atoms with Gasteiger partial charge >= 0.3 is 0 Å². The highest BCUT2D eigenvalue weighted by molar-refractivity contribution is 7.89. The first kappa shape index (κ1) is 13.9. The Morgan fingerprint density at radius 2 is 1.83 bits per heavy atom. The molecule has 0 heterocycles. The van der Waals surface area contributed by atoms with E-state index in [9.17, 15) is 4.55 Å². The van der Waals surface area contributed by atoms with Crippen molar-refractivity contribution in [3.63, 3.8) is 0 Å². The number of nitrogens with one attached hydrogen (secondary N) is 1.